The van der Waals surface area contributed by atoms with E-state index in [0.29, 0.717) is 0 Å². The highest BCUT2D eigenvalue weighted by atomic mass is 16.5. The van der Waals surface area contributed by atoms with Crippen LogP contribution in [0, 0.1) is 0 Å². The number of Topliss-reactive ketones (excluding diaryl/α,β-unsaturated/α-hetero) is 1. The Labute approximate surface area is 120 Å². The molecule has 0 amide bonds. The Morgan fingerprint density at radius 1 is 1.10 bits per heavy atom. The van der Waals surface area contributed by atoms with Gasteiger partial charge in [-0.2, -0.15) is 0 Å². The maximum Gasteiger partial charge on any atom is 0.333 e. The third kappa shape index (κ3) is 5.87. The summed E-state index contributed by atoms with van der Waals surface area (Å²) in [5, 5.41) is 55.3. The standard InChI is InChI=1S/C12H20O9/c1-5(2)12(20)21-4-7(15)9(17)11(19)10(18)8(16)6(14)3-13/h6-8,10-11,13-16,18-19H,1,3-4H2,2H3/t6-,7?,8-,10+,11+/m1/s1. The number of carbonyl (C=O) groups is 2. The first kappa shape index (κ1) is 19.6. The van der Waals surface area contributed by atoms with E-state index in [1.807, 2.05) is 0 Å². The fourth-order valence-corrected chi connectivity index (χ4v) is 1.25. The fourth-order valence-electron chi connectivity index (χ4n) is 1.25. The summed E-state index contributed by atoms with van der Waals surface area (Å²) in [5.41, 5.74) is 0.0386. The number of hydrogen-bond acceptors (Lipinski definition) is 9. The van der Waals surface area contributed by atoms with E-state index < -0.39 is 55.5 Å². The fraction of sp³-hybridized carbons (Fsp3) is 0.667. The second kappa shape index (κ2) is 8.82. The van der Waals surface area contributed by atoms with Gasteiger partial charge in [0.25, 0.3) is 0 Å². The van der Waals surface area contributed by atoms with Crippen molar-refractivity contribution in [2.24, 2.45) is 0 Å². The van der Waals surface area contributed by atoms with Crippen molar-refractivity contribution in [2.45, 2.75) is 37.4 Å². The van der Waals surface area contributed by atoms with Crippen molar-refractivity contribution < 1.29 is 45.0 Å². The van der Waals surface area contributed by atoms with Gasteiger partial charge >= 0.3 is 5.97 Å². The van der Waals surface area contributed by atoms with Crippen molar-refractivity contribution >= 4 is 11.8 Å². The van der Waals surface area contributed by atoms with Gasteiger partial charge in [-0.1, -0.05) is 6.58 Å². The molecule has 1 unspecified atom stereocenters. The zero-order valence-corrected chi connectivity index (χ0v) is 11.4. The van der Waals surface area contributed by atoms with Crippen LogP contribution >= 0.6 is 0 Å². The van der Waals surface area contributed by atoms with E-state index in [1.54, 1.807) is 0 Å². The molecule has 6 N–H and O–H groups in total. The molecule has 0 aromatic rings. The lowest BCUT2D eigenvalue weighted by Gasteiger charge is -2.25. The van der Waals surface area contributed by atoms with Crippen LogP contribution in [0.5, 0.6) is 0 Å². The third-order valence-electron chi connectivity index (χ3n) is 2.60. The number of ether oxygens (including phenoxy) is 1. The van der Waals surface area contributed by atoms with E-state index in [2.05, 4.69) is 11.3 Å². The van der Waals surface area contributed by atoms with E-state index in [0.717, 1.165) is 0 Å². The van der Waals surface area contributed by atoms with Crippen LogP contribution in [-0.4, -0.2) is 86.1 Å². The zero-order chi connectivity index (χ0) is 16.7. The molecule has 21 heavy (non-hydrogen) atoms. The van der Waals surface area contributed by atoms with Crippen molar-refractivity contribution in [3.05, 3.63) is 12.2 Å². The summed E-state index contributed by atoms with van der Waals surface area (Å²) in [7, 11) is 0. The molecular formula is C12H20O9. The Balaban J connectivity index is 4.55. The molecule has 0 heterocycles. The summed E-state index contributed by atoms with van der Waals surface area (Å²) in [6.07, 6.45) is -10.1. The van der Waals surface area contributed by atoms with Crippen molar-refractivity contribution in [1.29, 1.82) is 0 Å². The summed E-state index contributed by atoms with van der Waals surface area (Å²) >= 11 is 0. The van der Waals surface area contributed by atoms with Crippen LogP contribution in [0.2, 0.25) is 0 Å². The van der Waals surface area contributed by atoms with Gasteiger partial charge in [-0.25, -0.2) is 4.79 Å². The first-order valence-corrected chi connectivity index (χ1v) is 6.01. The molecule has 9 nitrogen and oxygen atoms in total. The van der Waals surface area contributed by atoms with E-state index in [1.165, 1.54) is 6.92 Å². The number of rotatable bonds is 9. The molecule has 0 bridgehead atoms. The second-order valence-electron chi connectivity index (χ2n) is 4.47. The van der Waals surface area contributed by atoms with Crippen LogP contribution in [0.3, 0.4) is 0 Å². The summed E-state index contributed by atoms with van der Waals surface area (Å²) < 4.78 is 4.49. The van der Waals surface area contributed by atoms with Crippen molar-refractivity contribution in [3.63, 3.8) is 0 Å². The quantitative estimate of drug-likeness (QED) is 0.187. The van der Waals surface area contributed by atoms with E-state index in [9.17, 15) is 30.0 Å². The summed E-state index contributed by atoms with van der Waals surface area (Å²) in [5.74, 6) is -2.17. The van der Waals surface area contributed by atoms with Crippen molar-refractivity contribution in [2.75, 3.05) is 13.2 Å². The highest BCUT2D eigenvalue weighted by Crippen LogP contribution is 2.08. The van der Waals surface area contributed by atoms with Crippen LogP contribution in [0.25, 0.3) is 0 Å². The van der Waals surface area contributed by atoms with E-state index >= 15 is 0 Å². The van der Waals surface area contributed by atoms with Crippen LogP contribution in [0.4, 0.5) is 0 Å². The topological polar surface area (TPSA) is 165 Å². The summed E-state index contributed by atoms with van der Waals surface area (Å²) in [6, 6.07) is 0. The maximum absolute atomic E-state index is 11.6. The highest BCUT2D eigenvalue weighted by molar-refractivity contribution is 5.89. The van der Waals surface area contributed by atoms with Gasteiger partial charge in [0.2, 0.25) is 0 Å². The Hall–Kier alpha value is -1.36. The predicted molar refractivity (Wildman–Crippen MR) is 67.9 cm³/mol. The molecule has 0 saturated carbocycles. The largest absolute Gasteiger partial charge is 0.459 e. The Morgan fingerprint density at radius 3 is 2.05 bits per heavy atom. The van der Waals surface area contributed by atoms with Crippen LogP contribution in [-0.2, 0) is 14.3 Å². The Morgan fingerprint density at radius 2 is 1.62 bits per heavy atom. The van der Waals surface area contributed by atoms with Crippen molar-refractivity contribution in [1.82, 2.24) is 0 Å². The number of carbonyl (C=O) groups excluding carboxylic acids is 2. The molecule has 0 radical (unpaired) electrons. The van der Waals surface area contributed by atoms with Gasteiger partial charge in [0.1, 0.15) is 37.1 Å². The molecule has 0 aromatic heterocycles. The molecule has 0 aliphatic carbocycles. The molecule has 122 valence electrons. The number of aliphatic hydroxyl groups excluding tert-OH is 6. The lowest BCUT2D eigenvalue weighted by molar-refractivity contribution is -0.158. The van der Waals surface area contributed by atoms with Gasteiger partial charge < -0.3 is 35.4 Å². The minimum absolute atomic E-state index is 0.0386. The van der Waals surface area contributed by atoms with Gasteiger partial charge in [-0.15, -0.1) is 0 Å². The minimum atomic E-state index is -2.24. The van der Waals surface area contributed by atoms with Gasteiger partial charge in [-0.05, 0) is 6.92 Å². The number of aliphatic hydroxyl groups is 6. The smallest absolute Gasteiger partial charge is 0.333 e. The average molecular weight is 308 g/mol. The minimum Gasteiger partial charge on any atom is -0.459 e. The number of esters is 1. The van der Waals surface area contributed by atoms with Gasteiger partial charge in [0.05, 0.1) is 6.61 Å². The normalized spacial score (nSPS) is 18.2. The monoisotopic (exact) mass is 308 g/mol. The molecule has 5 atom stereocenters. The number of ketones is 1. The lowest BCUT2D eigenvalue weighted by Crippen LogP contribution is -2.51. The molecule has 0 saturated heterocycles. The molecule has 0 aliphatic rings. The Bertz CT molecular complexity index is 381. The molecule has 0 fully saturated rings. The van der Waals surface area contributed by atoms with E-state index in [4.69, 9.17) is 10.2 Å². The van der Waals surface area contributed by atoms with E-state index in [-0.39, 0.29) is 5.57 Å². The maximum atomic E-state index is 11.6. The van der Waals surface area contributed by atoms with Crippen LogP contribution < -0.4 is 0 Å². The SMILES string of the molecule is C=C(C)C(=O)OCC(O)C(=O)[C@H](O)[C@@H](O)[C@H](O)[C@H](O)CO. The Kier molecular flexibility index (Phi) is 8.25. The van der Waals surface area contributed by atoms with Crippen molar-refractivity contribution in [3.8, 4) is 0 Å². The highest BCUT2D eigenvalue weighted by Gasteiger charge is 2.36. The third-order valence-corrected chi connectivity index (χ3v) is 2.60. The zero-order valence-electron chi connectivity index (χ0n) is 11.4. The van der Waals surface area contributed by atoms with Crippen LogP contribution in [0.1, 0.15) is 6.92 Å². The molecular weight excluding hydrogens is 288 g/mol. The van der Waals surface area contributed by atoms with Crippen LogP contribution in [0.15, 0.2) is 12.2 Å². The first-order valence-electron chi connectivity index (χ1n) is 6.01. The molecule has 0 spiro atoms. The molecule has 0 rings (SSSR count). The molecule has 0 aromatic carbocycles. The average Bonchev–Trinajstić information content (AvgIpc) is 2.47. The summed E-state index contributed by atoms with van der Waals surface area (Å²) in [4.78, 5) is 22.6. The lowest BCUT2D eigenvalue weighted by atomic mass is 9.98. The number of hydrogen-bond donors (Lipinski definition) is 6. The van der Waals surface area contributed by atoms with Gasteiger partial charge in [0, 0.05) is 5.57 Å². The summed E-state index contributed by atoms with van der Waals surface area (Å²) in [6.45, 7) is 2.95. The molecule has 0 aliphatic heterocycles. The first-order chi connectivity index (χ1) is 9.63. The van der Waals surface area contributed by atoms with Gasteiger partial charge in [-0.3, -0.25) is 4.79 Å². The van der Waals surface area contributed by atoms with Gasteiger partial charge in [0.15, 0.2) is 5.78 Å². The second-order valence-corrected chi connectivity index (χ2v) is 4.47. The molecule has 9 heteroatoms. The predicted octanol–water partition coefficient (Wildman–Crippen LogP) is -3.53.